The number of hydrogen-bond acceptors (Lipinski definition) is 3. The first-order chi connectivity index (χ1) is 10.6. The SMILES string of the molecule is C[C@@H]1CN(c2cccc(CO[Si](C)(C)C(C)(C)C)c2F)CCN1. The predicted molar refractivity (Wildman–Crippen MR) is 98.1 cm³/mol. The van der Waals surface area contributed by atoms with Gasteiger partial charge in [0.1, 0.15) is 0 Å². The maximum Gasteiger partial charge on any atom is 0.192 e. The monoisotopic (exact) mass is 338 g/mol. The number of benzene rings is 1. The van der Waals surface area contributed by atoms with Crippen LogP contribution in [-0.4, -0.2) is 34.0 Å². The van der Waals surface area contributed by atoms with Crippen molar-refractivity contribution in [2.24, 2.45) is 0 Å². The molecule has 23 heavy (non-hydrogen) atoms. The van der Waals surface area contributed by atoms with Gasteiger partial charge in [0.05, 0.1) is 12.3 Å². The van der Waals surface area contributed by atoms with Gasteiger partial charge < -0.3 is 14.6 Å². The molecule has 1 N–H and O–H groups in total. The van der Waals surface area contributed by atoms with E-state index in [0.29, 0.717) is 23.9 Å². The van der Waals surface area contributed by atoms with E-state index in [1.165, 1.54) is 0 Å². The molecule has 1 aliphatic heterocycles. The molecule has 0 radical (unpaired) electrons. The van der Waals surface area contributed by atoms with E-state index in [4.69, 9.17) is 4.43 Å². The van der Waals surface area contributed by atoms with E-state index >= 15 is 0 Å². The molecular formula is C18H31FN2OSi. The number of nitrogens with zero attached hydrogens (tertiary/aromatic N) is 1. The van der Waals surface area contributed by atoms with Crippen LogP contribution in [0.15, 0.2) is 18.2 Å². The van der Waals surface area contributed by atoms with E-state index in [1.807, 2.05) is 18.2 Å². The van der Waals surface area contributed by atoms with Crippen LogP contribution in [0, 0.1) is 5.82 Å². The fourth-order valence-corrected chi connectivity index (χ4v) is 3.50. The zero-order valence-electron chi connectivity index (χ0n) is 15.4. The topological polar surface area (TPSA) is 24.5 Å². The van der Waals surface area contributed by atoms with Gasteiger partial charge in [-0.25, -0.2) is 4.39 Å². The zero-order valence-corrected chi connectivity index (χ0v) is 16.4. The number of anilines is 1. The number of hydrogen-bond donors (Lipinski definition) is 1. The summed E-state index contributed by atoms with van der Waals surface area (Å²) in [6.07, 6.45) is 0. The highest BCUT2D eigenvalue weighted by Crippen LogP contribution is 2.37. The van der Waals surface area contributed by atoms with Crippen molar-refractivity contribution in [3.8, 4) is 0 Å². The third kappa shape index (κ3) is 4.34. The van der Waals surface area contributed by atoms with Crippen LogP contribution in [-0.2, 0) is 11.0 Å². The molecule has 5 heteroatoms. The second-order valence-corrected chi connectivity index (χ2v) is 12.9. The Labute approximate surface area is 141 Å². The number of nitrogens with one attached hydrogen (secondary N) is 1. The summed E-state index contributed by atoms with van der Waals surface area (Å²) in [6.45, 7) is 16.1. The summed E-state index contributed by atoms with van der Waals surface area (Å²) in [4.78, 5) is 2.13. The van der Waals surface area contributed by atoms with Crippen LogP contribution in [0.1, 0.15) is 33.3 Å². The van der Waals surface area contributed by atoms with Crippen LogP contribution < -0.4 is 10.2 Å². The molecule has 3 nitrogen and oxygen atoms in total. The van der Waals surface area contributed by atoms with E-state index in [-0.39, 0.29) is 10.9 Å². The fraction of sp³-hybridized carbons (Fsp3) is 0.667. The quantitative estimate of drug-likeness (QED) is 0.835. The third-order valence-corrected chi connectivity index (χ3v) is 9.64. The summed E-state index contributed by atoms with van der Waals surface area (Å²) in [6, 6.07) is 6.05. The highest BCUT2D eigenvalue weighted by molar-refractivity contribution is 6.74. The lowest BCUT2D eigenvalue weighted by molar-refractivity contribution is 0.271. The molecule has 1 saturated heterocycles. The van der Waals surface area contributed by atoms with Gasteiger partial charge >= 0.3 is 0 Å². The van der Waals surface area contributed by atoms with Crippen molar-refractivity contribution in [3.05, 3.63) is 29.6 Å². The summed E-state index contributed by atoms with van der Waals surface area (Å²) >= 11 is 0. The first kappa shape index (κ1) is 18.4. The Bertz CT molecular complexity index is 542. The summed E-state index contributed by atoms with van der Waals surface area (Å²) in [7, 11) is -1.87. The smallest absolute Gasteiger partial charge is 0.192 e. The molecule has 0 aliphatic carbocycles. The number of halogens is 1. The molecule has 0 bridgehead atoms. The highest BCUT2D eigenvalue weighted by atomic mass is 28.4. The number of piperazine rings is 1. The molecule has 0 aromatic heterocycles. The van der Waals surface area contributed by atoms with Crippen LogP contribution in [0.3, 0.4) is 0 Å². The summed E-state index contributed by atoms with van der Waals surface area (Å²) in [5, 5.41) is 3.53. The van der Waals surface area contributed by atoms with Crippen LogP contribution in [0.25, 0.3) is 0 Å². The fourth-order valence-electron chi connectivity index (χ4n) is 2.55. The van der Waals surface area contributed by atoms with Crippen LogP contribution in [0.4, 0.5) is 10.1 Å². The Morgan fingerprint density at radius 2 is 2.04 bits per heavy atom. The van der Waals surface area contributed by atoms with Crippen molar-refractivity contribution in [2.75, 3.05) is 24.5 Å². The first-order valence-corrected chi connectivity index (χ1v) is 11.4. The standard InChI is InChI=1S/C18H31FN2OSi/c1-14-12-21(11-10-20-14)16-9-7-8-15(17(16)19)13-22-23(5,6)18(2,3)4/h7-9,14,20H,10-13H2,1-6H3/t14-/m1/s1. The molecule has 0 amide bonds. The highest BCUT2D eigenvalue weighted by Gasteiger charge is 2.37. The summed E-state index contributed by atoms with van der Waals surface area (Å²) in [5.41, 5.74) is 1.37. The van der Waals surface area contributed by atoms with Gasteiger partial charge in [-0.05, 0) is 31.1 Å². The second kappa shape index (κ2) is 6.91. The van der Waals surface area contributed by atoms with Gasteiger partial charge in [0.2, 0.25) is 0 Å². The van der Waals surface area contributed by atoms with Crippen LogP contribution in [0.2, 0.25) is 18.1 Å². The Balaban J connectivity index is 2.14. The Morgan fingerprint density at radius 1 is 1.35 bits per heavy atom. The predicted octanol–water partition coefficient (Wildman–Crippen LogP) is 4.15. The van der Waals surface area contributed by atoms with Crippen molar-refractivity contribution >= 4 is 14.0 Å². The minimum Gasteiger partial charge on any atom is -0.412 e. The van der Waals surface area contributed by atoms with E-state index in [9.17, 15) is 4.39 Å². The van der Waals surface area contributed by atoms with E-state index < -0.39 is 8.32 Å². The number of rotatable bonds is 4. The van der Waals surface area contributed by atoms with Gasteiger partial charge in [0.15, 0.2) is 14.1 Å². The Hall–Kier alpha value is -0.913. The molecule has 1 aromatic carbocycles. The van der Waals surface area contributed by atoms with Crippen LogP contribution in [0.5, 0.6) is 0 Å². The first-order valence-electron chi connectivity index (χ1n) is 8.51. The van der Waals surface area contributed by atoms with Gasteiger partial charge in [-0.15, -0.1) is 0 Å². The van der Waals surface area contributed by atoms with E-state index in [1.54, 1.807) is 0 Å². The molecule has 1 aliphatic rings. The summed E-state index contributed by atoms with van der Waals surface area (Å²) in [5.74, 6) is -0.125. The Kier molecular flexibility index (Phi) is 5.54. The molecule has 1 heterocycles. The molecule has 130 valence electrons. The minimum absolute atomic E-state index is 0.125. The lowest BCUT2D eigenvalue weighted by atomic mass is 10.1. The second-order valence-electron chi connectivity index (χ2n) is 8.10. The van der Waals surface area contributed by atoms with Gasteiger partial charge in [-0.2, -0.15) is 0 Å². The van der Waals surface area contributed by atoms with Crippen molar-refractivity contribution in [2.45, 2.75) is 58.5 Å². The maximum atomic E-state index is 14.9. The van der Waals surface area contributed by atoms with Gasteiger partial charge in [0, 0.05) is 31.2 Å². The minimum atomic E-state index is -1.87. The molecule has 1 aromatic rings. The van der Waals surface area contributed by atoms with Crippen molar-refractivity contribution in [1.29, 1.82) is 0 Å². The zero-order chi connectivity index (χ0) is 17.3. The van der Waals surface area contributed by atoms with Crippen molar-refractivity contribution in [1.82, 2.24) is 5.32 Å². The average molecular weight is 339 g/mol. The molecule has 2 rings (SSSR count). The van der Waals surface area contributed by atoms with Crippen molar-refractivity contribution < 1.29 is 8.82 Å². The van der Waals surface area contributed by atoms with E-state index in [2.05, 4.69) is 51.0 Å². The molecule has 0 spiro atoms. The van der Waals surface area contributed by atoms with Crippen molar-refractivity contribution in [3.63, 3.8) is 0 Å². The average Bonchev–Trinajstić information content (AvgIpc) is 2.45. The molecule has 0 unspecified atom stereocenters. The lowest BCUT2D eigenvalue weighted by Gasteiger charge is -2.36. The molecule has 0 saturated carbocycles. The lowest BCUT2D eigenvalue weighted by Crippen LogP contribution is -2.49. The van der Waals surface area contributed by atoms with Gasteiger partial charge in [0.25, 0.3) is 0 Å². The normalized spacial score (nSPS) is 20.0. The molecule has 1 atom stereocenters. The largest absolute Gasteiger partial charge is 0.412 e. The van der Waals surface area contributed by atoms with E-state index in [0.717, 1.165) is 19.6 Å². The van der Waals surface area contributed by atoms with Gasteiger partial charge in [-0.1, -0.05) is 32.9 Å². The van der Waals surface area contributed by atoms with Crippen LogP contribution >= 0.6 is 0 Å². The summed E-state index contributed by atoms with van der Waals surface area (Å²) < 4.78 is 21.1. The molecular weight excluding hydrogens is 307 g/mol. The maximum absolute atomic E-state index is 14.9. The Morgan fingerprint density at radius 3 is 2.65 bits per heavy atom. The molecule has 1 fully saturated rings. The third-order valence-electron chi connectivity index (χ3n) is 5.16. The van der Waals surface area contributed by atoms with Gasteiger partial charge in [-0.3, -0.25) is 0 Å².